The third kappa shape index (κ3) is 1.78. The van der Waals surface area contributed by atoms with Gasteiger partial charge in [0.1, 0.15) is 5.54 Å². The van der Waals surface area contributed by atoms with Crippen LogP contribution in [0.25, 0.3) is 0 Å². The number of hydrogen-bond donors (Lipinski definition) is 0. The first kappa shape index (κ1) is 12.7. The van der Waals surface area contributed by atoms with Crippen LogP contribution < -0.4 is 0 Å². The van der Waals surface area contributed by atoms with Crippen molar-refractivity contribution < 1.29 is 13.2 Å². The predicted octanol–water partition coefficient (Wildman–Crippen LogP) is 2.64. The zero-order chi connectivity index (χ0) is 13.0. The Bertz CT molecular complexity index is 325. The number of fused-ring (bicyclic) bond motifs is 1. The van der Waals surface area contributed by atoms with E-state index < -0.39 is 11.7 Å². The molecule has 0 amide bonds. The maximum absolute atomic E-state index is 13.3. The van der Waals surface area contributed by atoms with Gasteiger partial charge in [-0.1, -0.05) is 6.92 Å². The van der Waals surface area contributed by atoms with E-state index in [0.717, 1.165) is 32.4 Å². The fourth-order valence-electron chi connectivity index (χ4n) is 3.81. The van der Waals surface area contributed by atoms with Crippen molar-refractivity contribution in [1.82, 2.24) is 9.80 Å². The summed E-state index contributed by atoms with van der Waals surface area (Å²) in [7, 11) is 0. The zero-order valence-corrected chi connectivity index (χ0v) is 10.8. The molecule has 2 atom stereocenters. The molecule has 1 saturated carbocycles. The second-order valence-corrected chi connectivity index (χ2v) is 6.03. The van der Waals surface area contributed by atoms with Crippen LogP contribution in [0.5, 0.6) is 0 Å². The highest BCUT2D eigenvalue weighted by Gasteiger charge is 2.68. The van der Waals surface area contributed by atoms with Gasteiger partial charge in [-0.25, -0.2) is 0 Å². The van der Waals surface area contributed by atoms with Crippen LogP contribution in [-0.2, 0) is 0 Å². The second kappa shape index (κ2) is 4.10. The predicted molar refractivity (Wildman–Crippen MR) is 63.4 cm³/mol. The molecule has 0 spiro atoms. The number of piperazine rings is 1. The molecule has 3 aliphatic rings. The minimum Gasteiger partial charge on any atom is -0.298 e. The maximum atomic E-state index is 13.3. The summed E-state index contributed by atoms with van der Waals surface area (Å²) in [5.41, 5.74) is -1.47. The molecule has 2 saturated heterocycles. The number of alkyl halides is 3. The van der Waals surface area contributed by atoms with E-state index in [1.165, 1.54) is 0 Å². The van der Waals surface area contributed by atoms with Gasteiger partial charge < -0.3 is 0 Å². The van der Waals surface area contributed by atoms with Gasteiger partial charge in [0, 0.05) is 25.2 Å². The summed E-state index contributed by atoms with van der Waals surface area (Å²) in [6.07, 6.45) is -0.406. The van der Waals surface area contributed by atoms with Crippen LogP contribution in [0, 0.1) is 0 Å². The van der Waals surface area contributed by atoms with Gasteiger partial charge in [0.05, 0.1) is 0 Å². The van der Waals surface area contributed by atoms with E-state index >= 15 is 0 Å². The van der Waals surface area contributed by atoms with Gasteiger partial charge in [-0.3, -0.25) is 9.80 Å². The van der Waals surface area contributed by atoms with Crippen molar-refractivity contribution >= 4 is 0 Å². The Morgan fingerprint density at radius 2 is 1.94 bits per heavy atom. The lowest BCUT2D eigenvalue weighted by Gasteiger charge is -2.48. The summed E-state index contributed by atoms with van der Waals surface area (Å²) in [6.45, 7) is 4.55. The topological polar surface area (TPSA) is 6.48 Å². The van der Waals surface area contributed by atoms with Gasteiger partial charge in [-0.2, -0.15) is 13.2 Å². The van der Waals surface area contributed by atoms with Crippen molar-refractivity contribution in [2.24, 2.45) is 0 Å². The van der Waals surface area contributed by atoms with E-state index in [0.29, 0.717) is 25.4 Å². The standard InChI is InChI=1S/C13H21F3N2/c1-2-10-8-17-7-3-4-11(17)9-18(10)12(5-6-12)13(14,15)16/h10-11H,2-9H2,1H3. The van der Waals surface area contributed by atoms with E-state index in [4.69, 9.17) is 0 Å². The summed E-state index contributed by atoms with van der Waals surface area (Å²) < 4.78 is 39.8. The SMILES string of the molecule is CCC1CN2CCCC2CN1C1(C(F)(F)F)CC1. The first-order valence-electron chi connectivity index (χ1n) is 7.05. The molecule has 3 fully saturated rings. The average Bonchev–Trinajstić information content (AvgIpc) is 3.01. The molecular weight excluding hydrogens is 241 g/mol. The van der Waals surface area contributed by atoms with Crippen LogP contribution >= 0.6 is 0 Å². The Labute approximate surface area is 106 Å². The molecule has 2 nitrogen and oxygen atoms in total. The average molecular weight is 262 g/mol. The molecule has 0 aromatic rings. The van der Waals surface area contributed by atoms with Crippen LogP contribution in [0.1, 0.15) is 39.0 Å². The van der Waals surface area contributed by atoms with Crippen molar-refractivity contribution in [3.05, 3.63) is 0 Å². The van der Waals surface area contributed by atoms with Gasteiger partial charge in [0.15, 0.2) is 0 Å². The number of rotatable bonds is 2. The van der Waals surface area contributed by atoms with Crippen molar-refractivity contribution in [2.45, 2.75) is 62.8 Å². The molecule has 18 heavy (non-hydrogen) atoms. The molecular formula is C13H21F3N2. The lowest BCUT2D eigenvalue weighted by Crippen LogP contribution is -2.63. The van der Waals surface area contributed by atoms with Gasteiger partial charge in [-0.05, 0) is 38.6 Å². The molecule has 0 bridgehead atoms. The molecule has 2 unspecified atom stereocenters. The fourth-order valence-corrected chi connectivity index (χ4v) is 3.81. The Morgan fingerprint density at radius 3 is 2.50 bits per heavy atom. The molecule has 5 heteroatoms. The van der Waals surface area contributed by atoms with Gasteiger partial charge in [0.25, 0.3) is 0 Å². The van der Waals surface area contributed by atoms with Crippen LogP contribution in [0.3, 0.4) is 0 Å². The lowest BCUT2D eigenvalue weighted by molar-refractivity contribution is -0.210. The van der Waals surface area contributed by atoms with Crippen molar-refractivity contribution in [1.29, 1.82) is 0 Å². The Kier molecular flexibility index (Phi) is 2.90. The molecule has 104 valence electrons. The highest BCUT2D eigenvalue weighted by molar-refractivity contribution is 5.13. The monoisotopic (exact) mass is 262 g/mol. The fraction of sp³-hybridized carbons (Fsp3) is 1.00. The third-order valence-electron chi connectivity index (χ3n) is 5.06. The summed E-state index contributed by atoms with van der Waals surface area (Å²) in [4.78, 5) is 4.20. The minimum atomic E-state index is -4.05. The maximum Gasteiger partial charge on any atom is 0.406 e. The van der Waals surface area contributed by atoms with E-state index in [9.17, 15) is 13.2 Å². The van der Waals surface area contributed by atoms with Gasteiger partial charge in [0.2, 0.25) is 0 Å². The van der Waals surface area contributed by atoms with E-state index in [1.807, 2.05) is 6.92 Å². The minimum absolute atomic E-state index is 0.0866. The Morgan fingerprint density at radius 1 is 1.22 bits per heavy atom. The van der Waals surface area contributed by atoms with Gasteiger partial charge >= 0.3 is 6.18 Å². The molecule has 0 aromatic carbocycles. The van der Waals surface area contributed by atoms with E-state index in [1.54, 1.807) is 4.90 Å². The normalized spacial score (nSPS) is 36.7. The molecule has 0 N–H and O–H groups in total. The van der Waals surface area contributed by atoms with Crippen LogP contribution in [-0.4, -0.2) is 53.2 Å². The third-order valence-corrected chi connectivity index (χ3v) is 5.06. The van der Waals surface area contributed by atoms with Crippen LogP contribution in [0.2, 0.25) is 0 Å². The summed E-state index contributed by atoms with van der Waals surface area (Å²) in [5, 5.41) is 0. The smallest absolute Gasteiger partial charge is 0.298 e. The molecule has 1 aliphatic carbocycles. The van der Waals surface area contributed by atoms with E-state index in [2.05, 4.69) is 4.90 Å². The number of nitrogens with zero attached hydrogens (tertiary/aromatic N) is 2. The summed E-state index contributed by atoms with van der Waals surface area (Å²) >= 11 is 0. The van der Waals surface area contributed by atoms with Crippen LogP contribution in [0.4, 0.5) is 13.2 Å². The molecule has 0 radical (unpaired) electrons. The van der Waals surface area contributed by atoms with E-state index in [-0.39, 0.29) is 6.04 Å². The van der Waals surface area contributed by atoms with Gasteiger partial charge in [-0.15, -0.1) is 0 Å². The largest absolute Gasteiger partial charge is 0.406 e. The van der Waals surface area contributed by atoms with Crippen molar-refractivity contribution in [3.63, 3.8) is 0 Å². The quantitative estimate of drug-likeness (QED) is 0.755. The first-order chi connectivity index (χ1) is 8.48. The van der Waals surface area contributed by atoms with Crippen molar-refractivity contribution in [2.75, 3.05) is 19.6 Å². The Balaban J connectivity index is 1.82. The molecule has 3 rings (SSSR count). The summed E-state index contributed by atoms with van der Waals surface area (Å²) in [6, 6.07) is 0.455. The second-order valence-electron chi connectivity index (χ2n) is 6.03. The number of halogens is 3. The first-order valence-corrected chi connectivity index (χ1v) is 7.05. The van der Waals surface area contributed by atoms with Crippen molar-refractivity contribution in [3.8, 4) is 0 Å². The summed E-state index contributed by atoms with van der Waals surface area (Å²) in [5.74, 6) is 0. The van der Waals surface area contributed by atoms with Crippen LogP contribution in [0.15, 0.2) is 0 Å². The molecule has 2 heterocycles. The Hall–Kier alpha value is -0.290. The highest BCUT2D eigenvalue weighted by atomic mass is 19.4. The molecule has 0 aromatic heterocycles. The lowest BCUT2D eigenvalue weighted by atomic mass is 10.0. The molecule has 2 aliphatic heterocycles. The highest BCUT2D eigenvalue weighted by Crippen LogP contribution is 2.55. The number of hydrogen-bond acceptors (Lipinski definition) is 2. The zero-order valence-electron chi connectivity index (χ0n) is 10.8.